The largest absolute Gasteiger partial charge is 0.483 e. The number of piperidine rings is 1. The quantitative estimate of drug-likeness (QED) is 0.635. The molecule has 36 heavy (non-hydrogen) atoms. The van der Waals surface area contributed by atoms with Crippen LogP contribution in [0.25, 0.3) is 0 Å². The number of ether oxygens (including phenoxy) is 3. The van der Waals surface area contributed by atoms with Crippen molar-refractivity contribution in [3.05, 3.63) is 35.7 Å². The molecule has 194 valence electrons. The maximum Gasteiger partial charge on any atom is 0.410 e. The normalized spacial score (nSPS) is 20.5. The van der Waals surface area contributed by atoms with Gasteiger partial charge in [0.15, 0.2) is 0 Å². The number of hydrogen-bond donors (Lipinski definition) is 1. The van der Waals surface area contributed by atoms with E-state index in [1.807, 2.05) is 25.7 Å². The third-order valence-corrected chi connectivity index (χ3v) is 7.01. The Labute approximate surface area is 213 Å². The molecule has 0 saturated carbocycles. The van der Waals surface area contributed by atoms with Crippen molar-refractivity contribution in [3.63, 3.8) is 0 Å². The second-order valence-electron chi connectivity index (χ2n) is 10.7. The third-order valence-electron chi connectivity index (χ3n) is 7.01. The van der Waals surface area contributed by atoms with Crippen LogP contribution in [0.2, 0.25) is 0 Å². The van der Waals surface area contributed by atoms with E-state index in [0.717, 1.165) is 61.0 Å². The minimum atomic E-state index is -0.478. The fourth-order valence-electron chi connectivity index (χ4n) is 5.16. The van der Waals surface area contributed by atoms with Crippen LogP contribution in [0, 0.1) is 0 Å². The van der Waals surface area contributed by atoms with Gasteiger partial charge in [0.2, 0.25) is 0 Å². The number of nitrogens with one attached hydrogen (secondary N) is 1. The number of carbonyl (C=O) groups is 1. The molecule has 1 aromatic carbocycles. The first-order valence-corrected chi connectivity index (χ1v) is 13.1. The van der Waals surface area contributed by atoms with Gasteiger partial charge in [0.05, 0.1) is 24.5 Å². The Morgan fingerprint density at radius 2 is 1.89 bits per heavy atom. The van der Waals surface area contributed by atoms with Gasteiger partial charge in [-0.05, 0) is 63.6 Å². The topological polar surface area (TPSA) is 89.0 Å². The molecule has 3 aliphatic rings. The minimum Gasteiger partial charge on any atom is -0.483 e. The van der Waals surface area contributed by atoms with Gasteiger partial charge < -0.3 is 29.3 Å². The lowest BCUT2D eigenvalue weighted by molar-refractivity contribution is 0.0205. The maximum atomic E-state index is 12.5. The Balaban J connectivity index is 1.35. The molecule has 4 heterocycles. The van der Waals surface area contributed by atoms with Crippen LogP contribution < -0.4 is 15.0 Å². The molecule has 1 N–H and O–H groups in total. The molecule has 1 aromatic heterocycles. The lowest BCUT2D eigenvalue weighted by atomic mass is 9.89. The van der Waals surface area contributed by atoms with Gasteiger partial charge >= 0.3 is 6.09 Å². The molecule has 0 aliphatic carbocycles. The number of amides is 1. The van der Waals surface area contributed by atoms with Crippen LogP contribution >= 0.6 is 0 Å². The molecule has 1 atom stereocenters. The number of carbonyl (C=O) groups excluding carboxylic acids is 1. The van der Waals surface area contributed by atoms with Crippen LogP contribution in [0.5, 0.6) is 5.75 Å². The lowest BCUT2D eigenvalue weighted by Crippen LogP contribution is -2.41. The molecule has 0 radical (unpaired) electrons. The molecule has 0 bridgehead atoms. The van der Waals surface area contributed by atoms with Crippen molar-refractivity contribution in [2.45, 2.75) is 64.6 Å². The predicted molar refractivity (Wildman–Crippen MR) is 138 cm³/mol. The summed E-state index contributed by atoms with van der Waals surface area (Å²) < 4.78 is 17.6. The number of anilines is 3. The number of aromatic nitrogens is 2. The Morgan fingerprint density at radius 3 is 2.58 bits per heavy atom. The first kappa shape index (κ1) is 24.6. The molecule has 3 aliphatic heterocycles. The van der Waals surface area contributed by atoms with E-state index in [0.29, 0.717) is 32.2 Å². The number of rotatable bonds is 3. The standard InChI is InChI=1S/C27H37N5O4/c1-5-21-23-24(28-17-29-25(23)31-12-14-34-15-13-31)30-20-16-19(6-7-22(20)35-21)18-8-10-32(11-9-18)26(33)36-27(2,3)4/h6-7,16-18,21H,5,8-15H2,1-4H3,(H,28,29,30). The van der Waals surface area contributed by atoms with Crippen molar-refractivity contribution in [2.75, 3.05) is 49.6 Å². The van der Waals surface area contributed by atoms with E-state index in [2.05, 4.69) is 45.3 Å². The Bertz CT molecular complexity index is 1090. The predicted octanol–water partition coefficient (Wildman–Crippen LogP) is 5.01. The van der Waals surface area contributed by atoms with E-state index in [4.69, 9.17) is 14.2 Å². The van der Waals surface area contributed by atoms with Crippen molar-refractivity contribution < 1.29 is 19.0 Å². The first-order chi connectivity index (χ1) is 17.3. The van der Waals surface area contributed by atoms with Gasteiger partial charge in [-0.3, -0.25) is 0 Å². The van der Waals surface area contributed by atoms with E-state index in [1.165, 1.54) is 5.56 Å². The van der Waals surface area contributed by atoms with Gasteiger partial charge in [0.25, 0.3) is 0 Å². The number of hydrogen-bond acceptors (Lipinski definition) is 8. The summed E-state index contributed by atoms with van der Waals surface area (Å²) in [5.74, 6) is 2.91. The second-order valence-corrected chi connectivity index (χ2v) is 10.7. The zero-order chi connectivity index (χ0) is 25.3. The second kappa shape index (κ2) is 10.1. The van der Waals surface area contributed by atoms with Crippen LogP contribution in [-0.4, -0.2) is 66.0 Å². The first-order valence-electron chi connectivity index (χ1n) is 13.1. The molecule has 9 nitrogen and oxygen atoms in total. The maximum absolute atomic E-state index is 12.5. The zero-order valence-corrected chi connectivity index (χ0v) is 21.7. The smallest absolute Gasteiger partial charge is 0.410 e. The molecule has 2 fully saturated rings. The highest BCUT2D eigenvalue weighted by Crippen LogP contribution is 2.44. The summed E-state index contributed by atoms with van der Waals surface area (Å²) in [7, 11) is 0. The van der Waals surface area contributed by atoms with Gasteiger partial charge in [-0.2, -0.15) is 0 Å². The van der Waals surface area contributed by atoms with Gasteiger partial charge in [0, 0.05) is 26.2 Å². The van der Waals surface area contributed by atoms with E-state index >= 15 is 0 Å². The number of morpholine rings is 1. The van der Waals surface area contributed by atoms with Crippen LogP contribution in [0.1, 0.15) is 70.1 Å². The molecule has 2 aromatic rings. The summed E-state index contributed by atoms with van der Waals surface area (Å²) in [6.45, 7) is 12.2. The Kier molecular flexibility index (Phi) is 6.92. The molecule has 1 unspecified atom stereocenters. The minimum absolute atomic E-state index is 0.143. The summed E-state index contributed by atoms with van der Waals surface area (Å²) in [4.78, 5) is 25.8. The fourth-order valence-corrected chi connectivity index (χ4v) is 5.16. The molecule has 2 saturated heterocycles. The summed E-state index contributed by atoms with van der Waals surface area (Å²) in [6.07, 6.45) is 3.87. The zero-order valence-electron chi connectivity index (χ0n) is 21.7. The average molecular weight is 496 g/mol. The Hall–Kier alpha value is -3.07. The fraction of sp³-hybridized carbons (Fsp3) is 0.593. The molecule has 0 spiro atoms. The SMILES string of the molecule is CCC1Oc2ccc(C3CCN(C(=O)OC(C)(C)C)CC3)cc2Nc2ncnc(N3CCOCC3)c21. The molecule has 5 rings (SSSR count). The highest BCUT2D eigenvalue weighted by Gasteiger charge is 2.31. The lowest BCUT2D eigenvalue weighted by Gasteiger charge is -2.33. The van der Waals surface area contributed by atoms with Crippen LogP contribution in [-0.2, 0) is 9.47 Å². The Morgan fingerprint density at radius 1 is 1.14 bits per heavy atom. The van der Waals surface area contributed by atoms with Gasteiger partial charge in [-0.1, -0.05) is 13.0 Å². The highest BCUT2D eigenvalue weighted by molar-refractivity contribution is 5.73. The van der Waals surface area contributed by atoms with Gasteiger partial charge in [0.1, 0.15) is 35.4 Å². The van der Waals surface area contributed by atoms with Gasteiger partial charge in [-0.25, -0.2) is 14.8 Å². The van der Waals surface area contributed by atoms with Crippen molar-refractivity contribution >= 4 is 23.4 Å². The summed E-state index contributed by atoms with van der Waals surface area (Å²) in [5.41, 5.74) is 2.69. The van der Waals surface area contributed by atoms with E-state index in [9.17, 15) is 4.79 Å². The third kappa shape index (κ3) is 5.21. The van der Waals surface area contributed by atoms with Crippen LogP contribution in [0.15, 0.2) is 24.5 Å². The number of likely N-dealkylation sites (tertiary alicyclic amines) is 1. The highest BCUT2D eigenvalue weighted by atomic mass is 16.6. The van der Waals surface area contributed by atoms with E-state index < -0.39 is 5.60 Å². The van der Waals surface area contributed by atoms with Gasteiger partial charge in [-0.15, -0.1) is 0 Å². The molecule has 1 amide bonds. The van der Waals surface area contributed by atoms with Crippen LogP contribution in [0.4, 0.5) is 22.1 Å². The van der Waals surface area contributed by atoms with Crippen molar-refractivity contribution in [2.24, 2.45) is 0 Å². The van der Waals surface area contributed by atoms with Crippen molar-refractivity contribution in [1.82, 2.24) is 14.9 Å². The summed E-state index contributed by atoms with van der Waals surface area (Å²) in [6, 6.07) is 6.40. The monoisotopic (exact) mass is 495 g/mol. The molecule has 9 heteroatoms. The average Bonchev–Trinajstić information content (AvgIpc) is 3.04. The van der Waals surface area contributed by atoms with E-state index in [-0.39, 0.29) is 12.2 Å². The summed E-state index contributed by atoms with van der Waals surface area (Å²) >= 11 is 0. The van der Waals surface area contributed by atoms with Crippen molar-refractivity contribution in [3.8, 4) is 5.75 Å². The molecular weight excluding hydrogens is 458 g/mol. The van der Waals surface area contributed by atoms with Crippen molar-refractivity contribution in [1.29, 1.82) is 0 Å². The number of fused-ring (bicyclic) bond motifs is 2. The molecular formula is C27H37N5O4. The van der Waals surface area contributed by atoms with E-state index in [1.54, 1.807) is 6.33 Å². The number of nitrogens with zero attached hydrogens (tertiary/aromatic N) is 4. The number of benzene rings is 1. The summed E-state index contributed by atoms with van der Waals surface area (Å²) in [5, 5.41) is 3.56. The van der Waals surface area contributed by atoms with Crippen LogP contribution in [0.3, 0.4) is 0 Å².